The van der Waals surface area contributed by atoms with Gasteiger partial charge in [-0.3, -0.25) is 4.79 Å². The highest BCUT2D eigenvalue weighted by atomic mass is 16.2. The fraction of sp³-hybridized carbons (Fsp3) is 0.222. The molecule has 0 aliphatic heterocycles. The lowest BCUT2D eigenvalue weighted by Crippen LogP contribution is -2.26. The van der Waals surface area contributed by atoms with Crippen molar-refractivity contribution in [2.75, 3.05) is 5.32 Å². The Morgan fingerprint density at radius 3 is 2.73 bits per heavy atom. The first-order chi connectivity index (χ1) is 10.5. The van der Waals surface area contributed by atoms with E-state index in [4.69, 9.17) is 5.26 Å². The second-order valence-electron chi connectivity index (χ2n) is 4.97. The molecule has 4 nitrogen and oxygen atoms in total. The predicted octanol–water partition coefficient (Wildman–Crippen LogP) is 3.86. The minimum atomic E-state index is -0.265. The molecule has 2 N–H and O–H groups in total. The Hall–Kier alpha value is -2.80. The molecule has 22 heavy (non-hydrogen) atoms. The van der Waals surface area contributed by atoms with Gasteiger partial charge < -0.3 is 10.6 Å². The zero-order chi connectivity index (χ0) is 16.5. The standard InChI is InChI=1S/C18H21N3O/c1-5-7-14(4)10-17(18(22)20-13(2)3)21-16-9-6-8-15(11-16)12-19/h6-11,21H,2,5H2,1,3-4H3,(H,20,22)/b14-7+,17-10-. The molecule has 0 aromatic heterocycles. The maximum atomic E-state index is 12.3. The molecule has 0 saturated carbocycles. The van der Waals surface area contributed by atoms with E-state index in [1.165, 1.54) is 0 Å². The van der Waals surface area contributed by atoms with Crippen molar-refractivity contribution in [1.82, 2.24) is 5.32 Å². The average molecular weight is 295 g/mol. The lowest BCUT2D eigenvalue weighted by molar-refractivity contribution is -0.116. The van der Waals surface area contributed by atoms with Gasteiger partial charge in [0.2, 0.25) is 0 Å². The molecular formula is C18H21N3O. The van der Waals surface area contributed by atoms with Crippen LogP contribution in [0.25, 0.3) is 0 Å². The molecule has 0 spiro atoms. The predicted molar refractivity (Wildman–Crippen MR) is 89.9 cm³/mol. The van der Waals surface area contributed by atoms with Crippen molar-refractivity contribution in [2.24, 2.45) is 0 Å². The lowest BCUT2D eigenvalue weighted by atomic mass is 10.1. The number of carbonyl (C=O) groups is 1. The van der Waals surface area contributed by atoms with Crippen LogP contribution in [-0.2, 0) is 4.79 Å². The van der Waals surface area contributed by atoms with E-state index in [1.54, 1.807) is 31.2 Å². The minimum absolute atomic E-state index is 0.265. The molecule has 0 unspecified atom stereocenters. The van der Waals surface area contributed by atoms with Crippen LogP contribution >= 0.6 is 0 Å². The van der Waals surface area contributed by atoms with Crippen LogP contribution in [-0.4, -0.2) is 5.91 Å². The molecule has 0 aliphatic carbocycles. The van der Waals surface area contributed by atoms with Crippen LogP contribution in [0.3, 0.4) is 0 Å². The van der Waals surface area contributed by atoms with E-state index in [0.29, 0.717) is 22.6 Å². The maximum Gasteiger partial charge on any atom is 0.271 e. The quantitative estimate of drug-likeness (QED) is 0.618. The van der Waals surface area contributed by atoms with Crippen LogP contribution in [0.2, 0.25) is 0 Å². The van der Waals surface area contributed by atoms with Crippen molar-refractivity contribution in [2.45, 2.75) is 27.2 Å². The minimum Gasteiger partial charge on any atom is -0.351 e. The SMILES string of the molecule is C=C(C)NC(=O)/C(=C/C(C)=C/CC)Nc1cccc(C#N)c1. The molecule has 0 bridgehead atoms. The normalized spacial score (nSPS) is 11.5. The number of nitrogens with zero attached hydrogens (tertiary/aromatic N) is 1. The number of allylic oxidation sites excluding steroid dienone is 4. The summed E-state index contributed by atoms with van der Waals surface area (Å²) in [5.74, 6) is -0.265. The summed E-state index contributed by atoms with van der Waals surface area (Å²) in [4.78, 5) is 12.3. The third-order valence-electron chi connectivity index (χ3n) is 2.74. The first-order valence-corrected chi connectivity index (χ1v) is 7.08. The fourth-order valence-corrected chi connectivity index (χ4v) is 1.85. The van der Waals surface area contributed by atoms with E-state index in [2.05, 4.69) is 23.3 Å². The highest BCUT2D eigenvalue weighted by Gasteiger charge is 2.10. The van der Waals surface area contributed by atoms with Gasteiger partial charge in [-0.1, -0.05) is 31.2 Å². The van der Waals surface area contributed by atoms with Gasteiger partial charge in [0.25, 0.3) is 5.91 Å². The Bertz CT molecular complexity index is 663. The monoisotopic (exact) mass is 295 g/mol. The maximum absolute atomic E-state index is 12.3. The largest absolute Gasteiger partial charge is 0.351 e. The third-order valence-corrected chi connectivity index (χ3v) is 2.74. The first kappa shape index (κ1) is 17.3. The Kier molecular flexibility index (Phi) is 6.65. The van der Waals surface area contributed by atoms with Crippen LogP contribution in [0.15, 0.2) is 60.0 Å². The first-order valence-electron chi connectivity index (χ1n) is 7.08. The summed E-state index contributed by atoms with van der Waals surface area (Å²) in [5.41, 5.74) is 3.18. The van der Waals surface area contributed by atoms with Crippen LogP contribution in [0.5, 0.6) is 0 Å². The van der Waals surface area contributed by atoms with E-state index < -0.39 is 0 Å². The number of carbonyl (C=O) groups excluding carboxylic acids is 1. The number of rotatable bonds is 6. The second kappa shape index (κ2) is 8.48. The van der Waals surface area contributed by atoms with Crippen molar-refractivity contribution in [1.29, 1.82) is 5.26 Å². The number of anilines is 1. The van der Waals surface area contributed by atoms with Gasteiger partial charge in [0.15, 0.2) is 0 Å². The molecule has 0 aliphatic rings. The summed E-state index contributed by atoms with van der Waals surface area (Å²) < 4.78 is 0. The van der Waals surface area contributed by atoms with Crippen molar-refractivity contribution in [3.63, 3.8) is 0 Å². The van der Waals surface area contributed by atoms with E-state index in [9.17, 15) is 4.79 Å². The summed E-state index contributed by atoms with van der Waals surface area (Å²) in [5, 5.41) is 14.7. The molecule has 0 heterocycles. The molecule has 1 rings (SSSR count). The van der Waals surface area contributed by atoms with Gasteiger partial charge in [0.05, 0.1) is 11.6 Å². The van der Waals surface area contributed by atoms with Gasteiger partial charge in [0, 0.05) is 11.4 Å². The topological polar surface area (TPSA) is 64.9 Å². The highest BCUT2D eigenvalue weighted by molar-refractivity contribution is 5.97. The van der Waals surface area contributed by atoms with Crippen LogP contribution in [0, 0.1) is 11.3 Å². The summed E-state index contributed by atoms with van der Waals surface area (Å²) in [6, 6.07) is 9.06. The zero-order valence-electron chi connectivity index (χ0n) is 13.2. The van der Waals surface area contributed by atoms with E-state index in [0.717, 1.165) is 12.0 Å². The molecule has 114 valence electrons. The van der Waals surface area contributed by atoms with Gasteiger partial charge in [-0.25, -0.2) is 0 Å². The third kappa shape index (κ3) is 5.68. The number of benzene rings is 1. The molecule has 0 saturated heterocycles. The molecule has 4 heteroatoms. The van der Waals surface area contributed by atoms with Gasteiger partial charge in [-0.05, 0) is 44.5 Å². The molecule has 1 aromatic rings. The van der Waals surface area contributed by atoms with E-state index in [1.807, 2.05) is 26.0 Å². The van der Waals surface area contributed by atoms with Crippen LogP contribution in [0.4, 0.5) is 5.69 Å². The molecule has 1 aromatic carbocycles. The van der Waals surface area contributed by atoms with Gasteiger partial charge >= 0.3 is 0 Å². The van der Waals surface area contributed by atoms with E-state index in [-0.39, 0.29) is 5.91 Å². The second-order valence-corrected chi connectivity index (χ2v) is 4.97. The molecule has 1 amide bonds. The molecule has 0 fully saturated rings. The zero-order valence-corrected chi connectivity index (χ0v) is 13.2. The molecule has 0 radical (unpaired) electrons. The number of nitriles is 1. The van der Waals surface area contributed by atoms with Crippen molar-refractivity contribution in [3.05, 3.63) is 65.5 Å². The summed E-state index contributed by atoms with van der Waals surface area (Å²) in [6.45, 7) is 9.38. The Balaban J connectivity index is 3.09. The number of hydrogen-bond donors (Lipinski definition) is 2. The summed E-state index contributed by atoms with van der Waals surface area (Å²) in [7, 11) is 0. The summed E-state index contributed by atoms with van der Waals surface area (Å²) >= 11 is 0. The van der Waals surface area contributed by atoms with Crippen molar-refractivity contribution < 1.29 is 4.79 Å². The van der Waals surface area contributed by atoms with Crippen LogP contribution in [0.1, 0.15) is 32.8 Å². The number of hydrogen-bond acceptors (Lipinski definition) is 3. The summed E-state index contributed by atoms with van der Waals surface area (Å²) in [6.07, 6.45) is 4.70. The Morgan fingerprint density at radius 2 is 2.14 bits per heavy atom. The Labute approximate surface area is 131 Å². The number of amides is 1. The molecule has 0 atom stereocenters. The van der Waals surface area contributed by atoms with Crippen LogP contribution < -0.4 is 10.6 Å². The lowest BCUT2D eigenvalue weighted by Gasteiger charge is -2.12. The Morgan fingerprint density at radius 1 is 1.41 bits per heavy atom. The van der Waals surface area contributed by atoms with Gasteiger partial charge in [-0.2, -0.15) is 5.26 Å². The number of nitrogens with one attached hydrogen (secondary N) is 2. The highest BCUT2D eigenvalue weighted by Crippen LogP contribution is 2.14. The van der Waals surface area contributed by atoms with Gasteiger partial charge in [-0.15, -0.1) is 0 Å². The van der Waals surface area contributed by atoms with Gasteiger partial charge in [0.1, 0.15) is 5.70 Å². The fourth-order valence-electron chi connectivity index (χ4n) is 1.85. The average Bonchev–Trinajstić information content (AvgIpc) is 2.46. The smallest absolute Gasteiger partial charge is 0.271 e. The van der Waals surface area contributed by atoms with E-state index >= 15 is 0 Å². The molecular weight excluding hydrogens is 274 g/mol. The van der Waals surface area contributed by atoms with Crippen molar-refractivity contribution in [3.8, 4) is 6.07 Å². The van der Waals surface area contributed by atoms with Crippen molar-refractivity contribution >= 4 is 11.6 Å².